The fourth-order valence-electron chi connectivity index (χ4n) is 1.82. The molecule has 0 saturated carbocycles. The van der Waals surface area contributed by atoms with Gasteiger partial charge in [-0.05, 0) is 36.5 Å². The second kappa shape index (κ2) is 5.89. The topological polar surface area (TPSA) is 62.4 Å². The van der Waals surface area contributed by atoms with Gasteiger partial charge in [-0.2, -0.15) is 0 Å². The fourth-order valence-corrected chi connectivity index (χ4v) is 2.06. The second-order valence-corrected chi connectivity index (χ2v) is 4.72. The van der Waals surface area contributed by atoms with Gasteiger partial charge in [0.1, 0.15) is 5.16 Å². The molecule has 0 aromatic carbocycles. The van der Waals surface area contributed by atoms with Gasteiger partial charge in [-0.1, -0.05) is 17.7 Å². The molecule has 0 aromatic heterocycles. The van der Waals surface area contributed by atoms with Gasteiger partial charge in [0.2, 0.25) is 0 Å². The van der Waals surface area contributed by atoms with Gasteiger partial charge in [-0.3, -0.25) is 4.99 Å². The molecule has 0 saturated heterocycles. The van der Waals surface area contributed by atoms with Crippen molar-refractivity contribution in [3.8, 4) is 0 Å². The summed E-state index contributed by atoms with van der Waals surface area (Å²) in [6.45, 7) is 3.55. The second-order valence-electron chi connectivity index (χ2n) is 4.34. The van der Waals surface area contributed by atoms with Gasteiger partial charge in [0.25, 0.3) is 0 Å². The number of allylic oxidation sites excluding steroid dienone is 2. The van der Waals surface area contributed by atoms with E-state index < -0.39 is 0 Å². The van der Waals surface area contributed by atoms with E-state index in [1.54, 1.807) is 12.4 Å². The maximum absolute atomic E-state index is 6.03. The maximum atomic E-state index is 6.03. The highest BCUT2D eigenvalue weighted by Gasteiger charge is 2.12. The van der Waals surface area contributed by atoms with Crippen LogP contribution in [0.25, 0.3) is 0 Å². The molecule has 2 aliphatic rings. The van der Waals surface area contributed by atoms with Gasteiger partial charge in [-0.25, -0.2) is 0 Å². The predicted octanol–water partition coefficient (Wildman–Crippen LogP) is 1.39. The molecule has 96 valence electrons. The van der Waals surface area contributed by atoms with Crippen LogP contribution < -0.4 is 16.4 Å². The maximum Gasteiger partial charge on any atom is 0.112 e. The van der Waals surface area contributed by atoms with E-state index in [0.717, 1.165) is 12.1 Å². The number of nitrogens with zero attached hydrogens (tertiary/aromatic N) is 1. The first-order valence-electron chi connectivity index (χ1n) is 5.84. The van der Waals surface area contributed by atoms with Crippen molar-refractivity contribution in [3.05, 3.63) is 46.4 Å². The van der Waals surface area contributed by atoms with Crippen molar-refractivity contribution in [2.24, 2.45) is 10.7 Å². The van der Waals surface area contributed by atoms with Crippen molar-refractivity contribution < 1.29 is 0 Å². The monoisotopic (exact) mass is 264 g/mol. The Labute approximate surface area is 112 Å². The lowest BCUT2D eigenvalue weighted by molar-refractivity contribution is 0.874. The summed E-state index contributed by atoms with van der Waals surface area (Å²) in [5, 5.41) is 6.66. The van der Waals surface area contributed by atoms with Crippen molar-refractivity contribution in [2.75, 3.05) is 13.1 Å². The van der Waals surface area contributed by atoms with Crippen LogP contribution in [0.4, 0.5) is 0 Å². The highest BCUT2D eigenvalue weighted by molar-refractivity contribution is 6.31. The summed E-state index contributed by atoms with van der Waals surface area (Å²) in [6.07, 6.45) is 9.48. The van der Waals surface area contributed by atoms with E-state index in [1.165, 1.54) is 11.1 Å². The van der Waals surface area contributed by atoms with Crippen molar-refractivity contribution in [1.29, 1.82) is 0 Å². The van der Waals surface area contributed by atoms with Crippen LogP contribution in [0.2, 0.25) is 0 Å². The molecule has 2 heterocycles. The first kappa shape index (κ1) is 12.9. The summed E-state index contributed by atoms with van der Waals surface area (Å²) in [7, 11) is 0. The van der Waals surface area contributed by atoms with Crippen molar-refractivity contribution in [1.82, 2.24) is 10.6 Å². The Balaban J connectivity index is 1.98. The molecule has 1 unspecified atom stereocenters. The minimum atomic E-state index is -0.192. The lowest BCUT2D eigenvalue weighted by Gasteiger charge is -2.16. The molecular weight excluding hydrogens is 248 g/mol. The number of nitrogens with two attached hydrogens (primary N) is 1. The standard InChI is InChI=1S/C13H17ClN4/c1-9-4-10(6-16-5-9)7-17-8-11-12(15)2-3-18-13(11)14/h2-5,8,12,16,18H,6-7,15H2,1H3. The Morgan fingerprint density at radius 1 is 1.61 bits per heavy atom. The number of dihydropyridines is 2. The molecule has 2 rings (SSSR count). The van der Waals surface area contributed by atoms with Crippen LogP contribution in [0.15, 0.2) is 51.4 Å². The van der Waals surface area contributed by atoms with E-state index in [1.807, 2.05) is 12.3 Å². The Bertz CT molecular complexity index is 471. The van der Waals surface area contributed by atoms with Gasteiger partial charge in [0.05, 0.1) is 12.6 Å². The van der Waals surface area contributed by atoms with Gasteiger partial charge in [-0.15, -0.1) is 0 Å². The average molecular weight is 265 g/mol. The number of halogens is 1. The highest BCUT2D eigenvalue weighted by atomic mass is 35.5. The lowest BCUT2D eigenvalue weighted by atomic mass is 10.1. The van der Waals surface area contributed by atoms with E-state index >= 15 is 0 Å². The number of hydrogen-bond acceptors (Lipinski definition) is 4. The molecule has 2 aliphatic heterocycles. The Hall–Kier alpha value is -1.52. The van der Waals surface area contributed by atoms with Crippen LogP contribution in [0.1, 0.15) is 6.92 Å². The molecule has 0 spiro atoms. The molecule has 0 radical (unpaired) electrons. The van der Waals surface area contributed by atoms with Gasteiger partial charge >= 0.3 is 0 Å². The summed E-state index contributed by atoms with van der Waals surface area (Å²) in [4.78, 5) is 4.40. The Kier molecular flexibility index (Phi) is 4.23. The zero-order valence-corrected chi connectivity index (χ0v) is 11.0. The molecule has 4 nitrogen and oxygen atoms in total. The van der Waals surface area contributed by atoms with Gasteiger partial charge in [0, 0.05) is 18.3 Å². The van der Waals surface area contributed by atoms with Crippen molar-refractivity contribution in [2.45, 2.75) is 13.0 Å². The van der Waals surface area contributed by atoms with Crippen LogP contribution in [-0.2, 0) is 0 Å². The largest absolute Gasteiger partial charge is 0.387 e. The molecule has 5 heteroatoms. The van der Waals surface area contributed by atoms with E-state index in [2.05, 4.69) is 28.6 Å². The van der Waals surface area contributed by atoms with Crippen LogP contribution in [0.3, 0.4) is 0 Å². The normalized spacial score (nSPS) is 23.6. The van der Waals surface area contributed by atoms with Crippen LogP contribution >= 0.6 is 11.6 Å². The molecule has 1 atom stereocenters. The number of rotatable bonds is 3. The van der Waals surface area contributed by atoms with E-state index in [-0.39, 0.29) is 6.04 Å². The quantitative estimate of drug-likeness (QED) is 0.533. The van der Waals surface area contributed by atoms with Gasteiger partial charge < -0.3 is 16.4 Å². The minimum absolute atomic E-state index is 0.192. The molecule has 0 bridgehead atoms. The molecule has 0 fully saturated rings. The van der Waals surface area contributed by atoms with Crippen molar-refractivity contribution >= 4 is 17.8 Å². The van der Waals surface area contributed by atoms with Gasteiger partial charge in [0.15, 0.2) is 0 Å². The zero-order valence-electron chi connectivity index (χ0n) is 10.3. The Morgan fingerprint density at radius 2 is 2.44 bits per heavy atom. The van der Waals surface area contributed by atoms with E-state index in [4.69, 9.17) is 17.3 Å². The molecule has 0 amide bonds. The summed E-state index contributed by atoms with van der Waals surface area (Å²) >= 11 is 6.03. The number of aliphatic imine (C=N–C) groups is 1. The highest BCUT2D eigenvalue weighted by Crippen LogP contribution is 2.13. The third kappa shape index (κ3) is 3.24. The first-order chi connectivity index (χ1) is 8.66. The van der Waals surface area contributed by atoms with E-state index in [0.29, 0.717) is 11.7 Å². The SMILES string of the molecule is CC1=CNCC(CN=CC2=C(Cl)NC=CC2N)=C1. The van der Waals surface area contributed by atoms with Crippen LogP contribution in [0.5, 0.6) is 0 Å². The summed E-state index contributed by atoms with van der Waals surface area (Å²) in [5.41, 5.74) is 9.19. The molecule has 18 heavy (non-hydrogen) atoms. The minimum Gasteiger partial charge on any atom is -0.387 e. The average Bonchev–Trinajstić information content (AvgIpc) is 2.33. The van der Waals surface area contributed by atoms with Crippen LogP contribution in [-0.4, -0.2) is 25.3 Å². The summed E-state index contributed by atoms with van der Waals surface area (Å²) < 4.78 is 0. The van der Waals surface area contributed by atoms with E-state index in [9.17, 15) is 0 Å². The number of nitrogens with one attached hydrogen (secondary N) is 2. The molecule has 0 aromatic rings. The third-order valence-electron chi connectivity index (χ3n) is 2.74. The molecule has 4 N–H and O–H groups in total. The third-order valence-corrected chi connectivity index (χ3v) is 3.07. The summed E-state index contributed by atoms with van der Waals surface area (Å²) in [6, 6.07) is -0.192. The lowest BCUT2D eigenvalue weighted by Crippen LogP contribution is -2.28. The fraction of sp³-hybridized carbons (Fsp3) is 0.308. The molecule has 0 aliphatic carbocycles. The molecular formula is C13H17ClN4. The smallest absolute Gasteiger partial charge is 0.112 e. The van der Waals surface area contributed by atoms with Crippen LogP contribution in [0, 0.1) is 0 Å². The number of hydrogen-bond donors (Lipinski definition) is 3. The van der Waals surface area contributed by atoms with Crippen molar-refractivity contribution in [3.63, 3.8) is 0 Å². The summed E-state index contributed by atoms with van der Waals surface area (Å²) in [5.74, 6) is 0. The zero-order chi connectivity index (χ0) is 13.0. The Morgan fingerprint density at radius 3 is 3.17 bits per heavy atom. The first-order valence-corrected chi connectivity index (χ1v) is 6.22. The predicted molar refractivity (Wildman–Crippen MR) is 76.3 cm³/mol.